The second-order valence-corrected chi connectivity index (χ2v) is 18.5. The highest BCUT2D eigenvalue weighted by Gasteiger charge is 2.36. The molecule has 1 fully saturated rings. The first-order chi connectivity index (χ1) is 33.3. The standard InChI is InChI=1S/C61H58O7/c1-5-7-8-11-38-14-16-39(17-15-38)40-18-20-41(21-19-40)42-22-26-45(27-23-42)60(62)66-47-32-30-44(31-33-47)43-24-28-46(29-25-43)61(63)67-55-36-52-53(37-54(55)64-3)59-51(34-35-56(65-4)68-59)57-48(6-2)49-12-9-10-13-50(49)58(52)57/h9-10,12-13,18-39,48,56H,5-8,11,14-17H2,1-4H3. The summed E-state index contributed by atoms with van der Waals surface area (Å²) in [6.45, 7) is 4.49. The van der Waals surface area contributed by atoms with Gasteiger partial charge in [-0.3, -0.25) is 0 Å². The van der Waals surface area contributed by atoms with Crippen LogP contribution in [0.1, 0.15) is 126 Å². The number of rotatable bonds is 14. The number of benzene rings is 7. The van der Waals surface area contributed by atoms with Crippen molar-refractivity contribution < 1.29 is 33.3 Å². The van der Waals surface area contributed by atoms with Gasteiger partial charge in [-0.1, -0.05) is 124 Å². The molecule has 0 spiro atoms. The van der Waals surface area contributed by atoms with Crippen molar-refractivity contribution >= 4 is 28.8 Å². The molecule has 2 aliphatic carbocycles. The summed E-state index contributed by atoms with van der Waals surface area (Å²) in [5.41, 5.74) is 12.1. The highest BCUT2D eigenvalue weighted by Crippen LogP contribution is 2.56. The first-order valence-corrected chi connectivity index (χ1v) is 24.4. The molecule has 0 amide bonds. The van der Waals surface area contributed by atoms with Crippen molar-refractivity contribution in [1.82, 2.24) is 0 Å². The smallest absolute Gasteiger partial charge is 0.343 e. The number of ether oxygens (including phenoxy) is 5. The fourth-order valence-corrected chi connectivity index (χ4v) is 10.8. The maximum absolute atomic E-state index is 13.8. The highest BCUT2D eigenvalue weighted by atomic mass is 16.7. The van der Waals surface area contributed by atoms with E-state index >= 15 is 0 Å². The average molecular weight is 903 g/mol. The zero-order valence-electron chi connectivity index (χ0n) is 39.4. The van der Waals surface area contributed by atoms with E-state index in [9.17, 15) is 9.59 Å². The molecule has 10 rings (SSSR count). The van der Waals surface area contributed by atoms with Crippen LogP contribution in [0.2, 0.25) is 0 Å². The Balaban J connectivity index is 0.792. The first kappa shape index (κ1) is 44.9. The van der Waals surface area contributed by atoms with Gasteiger partial charge in [0, 0.05) is 24.0 Å². The van der Waals surface area contributed by atoms with E-state index in [1.165, 1.54) is 68.1 Å². The Morgan fingerprint density at radius 3 is 1.87 bits per heavy atom. The second kappa shape index (κ2) is 19.7. The van der Waals surface area contributed by atoms with Crippen LogP contribution in [0.4, 0.5) is 0 Å². The van der Waals surface area contributed by atoms with E-state index in [-0.39, 0.29) is 5.92 Å². The van der Waals surface area contributed by atoms with Crippen LogP contribution < -0.4 is 18.9 Å². The third-order valence-corrected chi connectivity index (χ3v) is 14.5. The molecule has 7 nitrogen and oxygen atoms in total. The summed E-state index contributed by atoms with van der Waals surface area (Å²) in [5, 5.41) is 1.76. The third kappa shape index (κ3) is 8.83. The van der Waals surface area contributed by atoms with E-state index < -0.39 is 18.2 Å². The molecule has 1 aliphatic heterocycles. The fraction of sp³-hybridized carbons (Fsp3) is 0.279. The van der Waals surface area contributed by atoms with Crippen LogP contribution in [0.15, 0.2) is 140 Å². The minimum atomic E-state index is -0.530. The Labute approximate surface area is 399 Å². The van der Waals surface area contributed by atoms with E-state index in [1.54, 1.807) is 38.5 Å². The summed E-state index contributed by atoms with van der Waals surface area (Å²) in [5.74, 6) is 2.71. The van der Waals surface area contributed by atoms with E-state index in [1.807, 2.05) is 66.7 Å². The van der Waals surface area contributed by atoms with Crippen LogP contribution in [-0.2, 0) is 4.74 Å². The first-order valence-electron chi connectivity index (χ1n) is 24.4. The van der Waals surface area contributed by atoms with Crippen LogP contribution >= 0.6 is 0 Å². The minimum Gasteiger partial charge on any atom is -0.493 e. The van der Waals surface area contributed by atoms with Gasteiger partial charge in [-0.25, -0.2) is 9.59 Å². The molecule has 0 bridgehead atoms. The largest absolute Gasteiger partial charge is 0.493 e. The monoisotopic (exact) mass is 902 g/mol. The number of carbonyl (C=O) groups excluding carboxylic acids is 2. The molecule has 1 heterocycles. The SMILES string of the molecule is CCCCCC1CCC(c2ccc(-c3ccc(C(=O)Oc4ccc(-c5ccc(C(=O)Oc6cc7c8c(c9c(c7cc6OC)OC(OC)C=C9)C(CC)c6ccccc6-8)cc5)cc4)cc3)cc2)CC1. The van der Waals surface area contributed by atoms with Gasteiger partial charge in [0.15, 0.2) is 11.5 Å². The summed E-state index contributed by atoms with van der Waals surface area (Å²) in [6.07, 6.45) is 15.1. The fourth-order valence-electron chi connectivity index (χ4n) is 10.8. The van der Waals surface area contributed by atoms with Gasteiger partial charge < -0.3 is 23.7 Å². The van der Waals surface area contributed by atoms with Gasteiger partial charge in [0.05, 0.1) is 18.2 Å². The molecule has 7 aromatic carbocycles. The maximum atomic E-state index is 13.8. The van der Waals surface area contributed by atoms with Crippen LogP contribution in [0, 0.1) is 5.92 Å². The second-order valence-electron chi connectivity index (χ2n) is 18.5. The normalized spacial score (nSPS) is 18.0. The highest BCUT2D eigenvalue weighted by molar-refractivity contribution is 6.09. The quantitative estimate of drug-likeness (QED) is 0.0611. The topological polar surface area (TPSA) is 80.3 Å². The van der Waals surface area contributed by atoms with E-state index in [4.69, 9.17) is 23.7 Å². The molecular weight excluding hydrogens is 845 g/mol. The molecule has 0 aromatic heterocycles. The number of methoxy groups -OCH3 is 2. The Kier molecular flexibility index (Phi) is 13.0. The predicted molar refractivity (Wildman–Crippen MR) is 271 cm³/mol. The predicted octanol–water partition coefficient (Wildman–Crippen LogP) is 15.4. The van der Waals surface area contributed by atoms with Crippen LogP contribution in [-0.4, -0.2) is 32.4 Å². The summed E-state index contributed by atoms with van der Waals surface area (Å²) >= 11 is 0. The van der Waals surface area contributed by atoms with Crippen molar-refractivity contribution in [3.63, 3.8) is 0 Å². The zero-order valence-corrected chi connectivity index (χ0v) is 39.4. The van der Waals surface area contributed by atoms with Gasteiger partial charge in [-0.2, -0.15) is 0 Å². The molecule has 68 heavy (non-hydrogen) atoms. The van der Waals surface area contributed by atoms with E-state index in [0.29, 0.717) is 34.3 Å². The summed E-state index contributed by atoms with van der Waals surface area (Å²) in [7, 11) is 3.19. The van der Waals surface area contributed by atoms with Gasteiger partial charge in [0.2, 0.25) is 6.29 Å². The van der Waals surface area contributed by atoms with Crippen molar-refractivity contribution in [1.29, 1.82) is 0 Å². The number of hydrogen-bond donors (Lipinski definition) is 0. The summed E-state index contributed by atoms with van der Waals surface area (Å²) in [6, 6.07) is 43.5. The maximum Gasteiger partial charge on any atom is 0.343 e. The number of hydrogen-bond acceptors (Lipinski definition) is 7. The van der Waals surface area contributed by atoms with Crippen molar-refractivity contribution in [2.24, 2.45) is 5.92 Å². The van der Waals surface area contributed by atoms with Gasteiger partial charge >= 0.3 is 11.9 Å². The third-order valence-electron chi connectivity index (χ3n) is 14.5. The number of esters is 2. The molecule has 7 aromatic rings. The number of unbranched alkanes of at least 4 members (excludes halogenated alkanes) is 2. The molecule has 0 saturated heterocycles. The molecule has 344 valence electrons. The Morgan fingerprint density at radius 2 is 1.25 bits per heavy atom. The molecule has 7 heteroatoms. The van der Waals surface area contributed by atoms with Crippen molar-refractivity contribution in [2.75, 3.05) is 14.2 Å². The average Bonchev–Trinajstić information content (AvgIpc) is 3.73. The lowest BCUT2D eigenvalue weighted by Crippen LogP contribution is -2.20. The van der Waals surface area contributed by atoms with Crippen LogP contribution in [0.5, 0.6) is 23.0 Å². The van der Waals surface area contributed by atoms with Crippen LogP contribution in [0.25, 0.3) is 50.2 Å². The lowest BCUT2D eigenvalue weighted by atomic mass is 9.77. The number of carbonyl (C=O) groups is 2. The summed E-state index contributed by atoms with van der Waals surface area (Å²) in [4.78, 5) is 27.0. The number of fused-ring (bicyclic) bond motifs is 8. The Hall–Kier alpha value is -6.96. The van der Waals surface area contributed by atoms with Crippen LogP contribution in [0.3, 0.4) is 0 Å². The minimum absolute atomic E-state index is 0.182. The molecule has 0 radical (unpaired) electrons. The zero-order chi connectivity index (χ0) is 46.7. The van der Waals surface area contributed by atoms with Gasteiger partial charge in [0.1, 0.15) is 11.5 Å². The van der Waals surface area contributed by atoms with Gasteiger partial charge in [-0.05, 0) is 160 Å². The molecular formula is C61H58O7. The van der Waals surface area contributed by atoms with E-state index in [2.05, 4.69) is 68.5 Å². The van der Waals surface area contributed by atoms with Crippen molar-refractivity contribution in [3.05, 3.63) is 173 Å². The van der Waals surface area contributed by atoms with Crippen molar-refractivity contribution in [3.8, 4) is 56.4 Å². The lowest BCUT2D eigenvalue weighted by molar-refractivity contribution is -0.0161. The molecule has 0 N–H and O–H groups in total. The van der Waals surface area contributed by atoms with E-state index in [0.717, 1.165) is 67.8 Å². The molecule has 3 aliphatic rings. The van der Waals surface area contributed by atoms with Gasteiger partial charge in [0.25, 0.3) is 0 Å². The summed E-state index contributed by atoms with van der Waals surface area (Å²) < 4.78 is 29.8. The Morgan fingerprint density at radius 1 is 0.647 bits per heavy atom. The lowest BCUT2D eigenvalue weighted by Gasteiger charge is -2.29. The molecule has 2 atom stereocenters. The van der Waals surface area contributed by atoms with Crippen molar-refractivity contribution in [2.45, 2.75) is 89.8 Å². The Bertz CT molecular complexity index is 2980. The molecule has 1 saturated carbocycles. The molecule has 2 unspecified atom stereocenters. The van der Waals surface area contributed by atoms with Gasteiger partial charge in [-0.15, -0.1) is 0 Å².